The second-order valence-electron chi connectivity index (χ2n) is 9.45. The molecule has 0 bridgehead atoms. The van der Waals surface area contributed by atoms with E-state index in [0.717, 1.165) is 37.7 Å². The summed E-state index contributed by atoms with van der Waals surface area (Å²) in [5.41, 5.74) is 2.17. The smallest absolute Gasteiger partial charge is 0.311 e. The Bertz CT molecular complexity index is 988. The first-order chi connectivity index (χ1) is 16.7. The van der Waals surface area contributed by atoms with Crippen LogP contribution in [0.15, 0.2) is 48.5 Å². The van der Waals surface area contributed by atoms with Crippen LogP contribution < -0.4 is 9.47 Å². The lowest BCUT2D eigenvalue weighted by molar-refractivity contribution is -0.154. The quantitative estimate of drug-likeness (QED) is 0.123. The molecule has 0 saturated heterocycles. The number of ether oxygens (including phenoxy) is 3. The van der Waals surface area contributed by atoms with Gasteiger partial charge in [-0.05, 0) is 74.8 Å². The molecule has 0 heterocycles. The van der Waals surface area contributed by atoms with E-state index in [1.165, 1.54) is 5.56 Å². The summed E-state index contributed by atoms with van der Waals surface area (Å²) < 4.78 is 16.0. The van der Waals surface area contributed by atoms with Crippen molar-refractivity contribution in [1.29, 1.82) is 0 Å². The van der Waals surface area contributed by atoms with Gasteiger partial charge in [0.2, 0.25) is 0 Å². The first-order valence-corrected chi connectivity index (χ1v) is 12.5. The highest BCUT2D eigenvalue weighted by molar-refractivity contribution is 6.06. The van der Waals surface area contributed by atoms with E-state index in [1.807, 2.05) is 56.3 Å². The minimum atomic E-state index is -0.508. The van der Waals surface area contributed by atoms with Crippen LogP contribution in [-0.2, 0) is 9.53 Å². The summed E-state index contributed by atoms with van der Waals surface area (Å²) in [5.74, 6) is 1.41. The maximum absolute atomic E-state index is 12.7. The van der Waals surface area contributed by atoms with Crippen molar-refractivity contribution in [2.45, 2.75) is 65.7 Å². The zero-order valence-corrected chi connectivity index (χ0v) is 22.1. The number of unbranched alkanes of at least 4 members (excludes halogenated alkanes) is 1. The lowest BCUT2D eigenvalue weighted by atomic mass is 9.81. The molecular formula is C30H40O5. The van der Waals surface area contributed by atoms with Crippen molar-refractivity contribution in [3.63, 3.8) is 0 Å². The van der Waals surface area contributed by atoms with Crippen molar-refractivity contribution >= 4 is 17.8 Å². The predicted molar refractivity (Wildman–Crippen MR) is 141 cm³/mol. The minimum absolute atomic E-state index is 0.0599. The van der Waals surface area contributed by atoms with Gasteiger partial charge in [-0.25, -0.2) is 0 Å². The zero-order valence-electron chi connectivity index (χ0n) is 22.1. The minimum Gasteiger partial charge on any atom is -0.493 e. The summed E-state index contributed by atoms with van der Waals surface area (Å²) in [6, 6.07) is 13.3. The fourth-order valence-electron chi connectivity index (χ4n) is 3.89. The van der Waals surface area contributed by atoms with Crippen LogP contribution in [0.25, 0.3) is 6.08 Å². The Morgan fingerprint density at radius 1 is 0.971 bits per heavy atom. The van der Waals surface area contributed by atoms with E-state index in [1.54, 1.807) is 26.4 Å². The Morgan fingerprint density at radius 3 is 2.26 bits per heavy atom. The molecule has 0 N–H and O–H groups in total. The van der Waals surface area contributed by atoms with Crippen molar-refractivity contribution in [3.8, 4) is 11.5 Å². The first-order valence-electron chi connectivity index (χ1n) is 12.5. The highest BCUT2D eigenvalue weighted by Gasteiger charge is 2.30. The van der Waals surface area contributed by atoms with E-state index >= 15 is 0 Å². The monoisotopic (exact) mass is 480 g/mol. The number of hydrogen-bond donors (Lipinski definition) is 0. The van der Waals surface area contributed by atoms with Gasteiger partial charge in [-0.15, -0.1) is 0 Å². The summed E-state index contributed by atoms with van der Waals surface area (Å²) in [7, 11) is 3.18. The van der Waals surface area contributed by atoms with Crippen molar-refractivity contribution < 1.29 is 23.8 Å². The molecule has 0 aliphatic heterocycles. The van der Waals surface area contributed by atoms with Crippen LogP contribution in [0.5, 0.6) is 11.5 Å². The van der Waals surface area contributed by atoms with Crippen molar-refractivity contribution in [3.05, 3.63) is 65.2 Å². The first kappa shape index (κ1) is 28.2. The summed E-state index contributed by atoms with van der Waals surface area (Å²) in [5, 5.41) is 0. The van der Waals surface area contributed by atoms with Gasteiger partial charge in [0.1, 0.15) is 0 Å². The van der Waals surface area contributed by atoms with E-state index in [9.17, 15) is 9.59 Å². The molecule has 2 aromatic rings. The lowest BCUT2D eigenvalue weighted by Gasteiger charge is -2.25. The number of esters is 1. The Kier molecular flexibility index (Phi) is 11.0. The Hall–Kier alpha value is -3.08. The van der Waals surface area contributed by atoms with Crippen LogP contribution in [0.3, 0.4) is 0 Å². The maximum Gasteiger partial charge on any atom is 0.311 e. The topological polar surface area (TPSA) is 61.8 Å². The van der Waals surface area contributed by atoms with Gasteiger partial charge in [0.05, 0.1) is 26.2 Å². The van der Waals surface area contributed by atoms with Gasteiger partial charge in [-0.2, -0.15) is 0 Å². The second kappa shape index (κ2) is 13.7. The maximum atomic E-state index is 12.7. The predicted octanol–water partition coefficient (Wildman–Crippen LogP) is 7.24. The number of carbonyl (C=O) groups excluding carboxylic acids is 2. The van der Waals surface area contributed by atoms with E-state index in [4.69, 9.17) is 14.2 Å². The van der Waals surface area contributed by atoms with Crippen LogP contribution in [0.4, 0.5) is 0 Å². The molecule has 5 nitrogen and oxygen atoms in total. The van der Waals surface area contributed by atoms with E-state index in [-0.39, 0.29) is 11.8 Å². The number of methoxy groups -OCH3 is 2. The molecule has 0 saturated carbocycles. The van der Waals surface area contributed by atoms with E-state index in [2.05, 4.69) is 13.8 Å². The molecule has 1 atom stereocenters. The van der Waals surface area contributed by atoms with Crippen molar-refractivity contribution in [2.24, 2.45) is 5.41 Å². The average Bonchev–Trinajstić information content (AvgIpc) is 2.87. The van der Waals surface area contributed by atoms with Crippen molar-refractivity contribution in [1.82, 2.24) is 0 Å². The molecule has 5 heteroatoms. The third-order valence-corrected chi connectivity index (χ3v) is 6.40. The Labute approximate surface area is 210 Å². The van der Waals surface area contributed by atoms with Gasteiger partial charge >= 0.3 is 5.97 Å². The molecule has 0 amide bonds. The normalized spacial score (nSPS) is 12.4. The SMILES string of the molecule is CCCCOC(=O)C(C)(C)CCC(CC)c1ccc(C(=O)/C=C/c2ccc(OC)c(OC)c2)cc1. The number of hydrogen-bond acceptors (Lipinski definition) is 5. The fraction of sp³-hybridized carbons (Fsp3) is 0.467. The molecule has 0 spiro atoms. The molecule has 2 rings (SSSR count). The highest BCUT2D eigenvalue weighted by Crippen LogP contribution is 2.33. The largest absolute Gasteiger partial charge is 0.493 e. The summed E-state index contributed by atoms with van der Waals surface area (Å²) in [6.07, 6.45) is 7.86. The van der Waals surface area contributed by atoms with E-state index in [0.29, 0.717) is 29.6 Å². The number of ketones is 1. The molecule has 1 unspecified atom stereocenters. The molecule has 0 radical (unpaired) electrons. The fourth-order valence-corrected chi connectivity index (χ4v) is 3.89. The average molecular weight is 481 g/mol. The second-order valence-corrected chi connectivity index (χ2v) is 9.45. The molecule has 190 valence electrons. The molecule has 0 aliphatic carbocycles. The molecule has 0 fully saturated rings. The van der Waals surface area contributed by atoms with Gasteiger partial charge in [0, 0.05) is 5.56 Å². The van der Waals surface area contributed by atoms with Gasteiger partial charge in [-0.1, -0.05) is 56.7 Å². The van der Waals surface area contributed by atoms with Gasteiger partial charge in [-0.3, -0.25) is 9.59 Å². The van der Waals surface area contributed by atoms with Crippen LogP contribution in [0.2, 0.25) is 0 Å². The van der Waals surface area contributed by atoms with Crippen LogP contribution in [0.1, 0.15) is 87.2 Å². The number of benzene rings is 2. The standard InChI is InChI=1S/C30H40O5/c1-7-9-20-35-29(32)30(3,4)19-18-23(8-2)24-12-14-25(15-13-24)26(31)16-10-22-11-17-27(33-5)28(21-22)34-6/h10-17,21,23H,7-9,18-20H2,1-6H3/b16-10+. The highest BCUT2D eigenvalue weighted by atomic mass is 16.5. The van der Waals surface area contributed by atoms with Gasteiger partial charge in [0.15, 0.2) is 17.3 Å². The number of allylic oxidation sites excluding steroid dienone is 1. The number of carbonyl (C=O) groups is 2. The molecular weight excluding hydrogens is 440 g/mol. The van der Waals surface area contributed by atoms with Crippen LogP contribution in [-0.4, -0.2) is 32.6 Å². The van der Waals surface area contributed by atoms with Gasteiger partial charge in [0.25, 0.3) is 0 Å². The molecule has 0 aliphatic rings. The lowest BCUT2D eigenvalue weighted by Crippen LogP contribution is -2.27. The summed E-state index contributed by atoms with van der Waals surface area (Å²) in [6.45, 7) is 8.65. The third-order valence-electron chi connectivity index (χ3n) is 6.40. The third kappa shape index (κ3) is 8.27. The zero-order chi connectivity index (χ0) is 25.8. The Morgan fingerprint density at radius 2 is 1.66 bits per heavy atom. The molecule has 2 aromatic carbocycles. The number of rotatable bonds is 14. The summed E-state index contributed by atoms with van der Waals surface area (Å²) >= 11 is 0. The van der Waals surface area contributed by atoms with Crippen LogP contribution >= 0.6 is 0 Å². The summed E-state index contributed by atoms with van der Waals surface area (Å²) in [4.78, 5) is 25.1. The van der Waals surface area contributed by atoms with Crippen LogP contribution in [0, 0.1) is 5.41 Å². The Balaban J connectivity index is 2.00. The molecule has 0 aromatic heterocycles. The van der Waals surface area contributed by atoms with E-state index < -0.39 is 5.41 Å². The van der Waals surface area contributed by atoms with Crippen molar-refractivity contribution in [2.75, 3.05) is 20.8 Å². The molecule has 35 heavy (non-hydrogen) atoms. The van der Waals surface area contributed by atoms with Gasteiger partial charge < -0.3 is 14.2 Å².